The first-order valence-corrected chi connectivity index (χ1v) is 10.5. The highest BCUT2D eigenvalue weighted by Crippen LogP contribution is 2.49. The number of nitrogens with one attached hydrogen (secondary N) is 1. The molecule has 2 fully saturated rings. The lowest BCUT2D eigenvalue weighted by molar-refractivity contribution is -0.125. The lowest BCUT2D eigenvalue weighted by Gasteiger charge is -2.28. The molecule has 2 aliphatic carbocycles. The highest BCUT2D eigenvalue weighted by molar-refractivity contribution is 5.96. The first-order valence-electron chi connectivity index (χ1n) is 10.5. The lowest BCUT2D eigenvalue weighted by atomic mass is 9.84. The van der Waals surface area contributed by atoms with E-state index in [2.05, 4.69) is 12.2 Å². The van der Waals surface area contributed by atoms with Crippen molar-refractivity contribution in [2.75, 3.05) is 18.6 Å². The monoisotopic (exact) mass is 386 g/mol. The average Bonchev–Trinajstić information content (AvgIpc) is 3.28. The van der Waals surface area contributed by atoms with Crippen molar-refractivity contribution in [3.05, 3.63) is 24.3 Å². The van der Waals surface area contributed by atoms with E-state index in [9.17, 15) is 9.59 Å². The number of ether oxygens (including phenoxy) is 1. The molecule has 154 valence electrons. The number of fused-ring (bicyclic) bond motifs is 2. The summed E-state index contributed by atoms with van der Waals surface area (Å²) < 4.78 is 5.64. The summed E-state index contributed by atoms with van der Waals surface area (Å²) in [7, 11) is 1.77. The summed E-state index contributed by atoms with van der Waals surface area (Å²) in [4.78, 5) is 26.3. The predicted octanol–water partition coefficient (Wildman–Crippen LogP) is 4.02. The third kappa shape index (κ3) is 4.68. The minimum absolute atomic E-state index is 0.0151. The van der Waals surface area contributed by atoms with E-state index in [1.165, 1.54) is 25.7 Å². The molecule has 4 atom stereocenters. The van der Waals surface area contributed by atoms with Crippen LogP contribution in [0.3, 0.4) is 0 Å². The fraction of sp³-hybridized carbons (Fsp3) is 0.652. The minimum Gasteiger partial charge on any atom is -0.484 e. The fourth-order valence-corrected chi connectivity index (χ4v) is 4.84. The molecule has 0 aromatic heterocycles. The van der Waals surface area contributed by atoms with E-state index in [0.29, 0.717) is 11.7 Å². The van der Waals surface area contributed by atoms with E-state index < -0.39 is 5.41 Å². The van der Waals surface area contributed by atoms with Gasteiger partial charge in [0.25, 0.3) is 5.91 Å². The van der Waals surface area contributed by atoms with E-state index >= 15 is 0 Å². The van der Waals surface area contributed by atoms with Crippen LogP contribution < -0.4 is 15.0 Å². The smallest absolute Gasteiger partial charge is 0.258 e. The normalized spacial score (nSPS) is 24.7. The molecule has 3 rings (SSSR count). The minimum atomic E-state index is -0.433. The molecule has 28 heavy (non-hydrogen) atoms. The first-order chi connectivity index (χ1) is 13.1. The van der Waals surface area contributed by atoms with Crippen molar-refractivity contribution in [3.8, 4) is 5.75 Å². The van der Waals surface area contributed by atoms with Crippen LogP contribution in [0.1, 0.15) is 53.4 Å². The van der Waals surface area contributed by atoms with Crippen LogP contribution in [0.2, 0.25) is 0 Å². The summed E-state index contributed by atoms with van der Waals surface area (Å²) in [6, 6.07) is 7.50. The second-order valence-corrected chi connectivity index (χ2v) is 9.59. The molecule has 0 heterocycles. The van der Waals surface area contributed by atoms with Gasteiger partial charge < -0.3 is 15.0 Å². The number of rotatable bonds is 6. The maximum absolute atomic E-state index is 12.4. The summed E-state index contributed by atoms with van der Waals surface area (Å²) in [6.07, 6.45) is 5.30. The van der Waals surface area contributed by atoms with E-state index in [1.54, 1.807) is 24.1 Å². The molecule has 5 nitrogen and oxygen atoms in total. The van der Waals surface area contributed by atoms with Gasteiger partial charge in [-0.2, -0.15) is 0 Å². The highest BCUT2D eigenvalue weighted by atomic mass is 16.5. The summed E-state index contributed by atoms with van der Waals surface area (Å²) in [5.41, 5.74) is 0.374. The van der Waals surface area contributed by atoms with Gasteiger partial charge in [0, 0.05) is 24.2 Å². The molecular weight excluding hydrogens is 352 g/mol. The number of hydrogen-bond acceptors (Lipinski definition) is 3. The van der Waals surface area contributed by atoms with Gasteiger partial charge in [-0.3, -0.25) is 9.59 Å². The lowest BCUT2D eigenvalue weighted by Crippen LogP contribution is -2.42. The second kappa shape index (κ2) is 8.14. The van der Waals surface area contributed by atoms with Crippen molar-refractivity contribution >= 4 is 17.5 Å². The van der Waals surface area contributed by atoms with Crippen LogP contribution in [-0.2, 0) is 9.59 Å². The topological polar surface area (TPSA) is 58.6 Å². The molecule has 1 aromatic rings. The Bertz CT molecular complexity index is 708. The summed E-state index contributed by atoms with van der Waals surface area (Å²) in [5, 5.41) is 3.12. The molecule has 0 aliphatic heterocycles. The predicted molar refractivity (Wildman–Crippen MR) is 111 cm³/mol. The molecule has 2 bridgehead atoms. The molecule has 0 radical (unpaired) electrons. The Morgan fingerprint density at radius 2 is 1.86 bits per heavy atom. The molecule has 2 amide bonds. The number of nitrogens with zero attached hydrogens (tertiary/aromatic N) is 1. The van der Waals surface area contributed by atoms with Crippen LogP contribution in [0.4, 0.5) is 5.69 Å². The zero-order chi connectivity index (χ0) is 20.5. The zero-order valence-corrected chi connectivity index (χ0v) is 17.8. The van der Waals surface area contributed by atoms with Crippen molar-refractivity contribution < 1.29 is 14.3 Å². The van der Waals surface area contributed by atoms with Crippen molar-refractivity contribution in [1.82, 2.24) is 5.32 Å². The van der Waals surface area contributed by atoms with Crippen LogP contribution in [0.25, 0.3) is 0 Å². The van der Waals surface area contributed by atoms with Crippen LogP contribution in [0, 0.1) is 23.2 Å². The maximum Gasteiger partial charge on any atom is 0.258 e. The average molecular weight is 387 g/mol. The largest absolute Gasteiger partial charge is 0.484 e. The molecule has 2 aliphatic rings. The SMILES string of the molecule is CC(NC(=O)COc1ccc(N(C)C(=O)C(C)(C)C)cc1)C1CC2CCC1C2. The van der Waals surface area contributed by atoms with Crippen LogP contribution in [-0.4, -0.2) is 31.5 Å². The van der Waals surface area contributed by atoms with E-state index in [1.807, 2.05) is 32.9 Å². The highest BCUT2D eigenvalue weighted by Gasteiger charge is 2.42. The van der Waals surface area contributed by atoms with E-state index in [-0.39, 0.29) is 24.5 Å². The third-order valence-corrected chi connectivity index (χ3v) is 6.36. The van der Waals surface area contributed by atoms with Gasteiger partial charge in [0.15, 0.2) is 6.61 Å². The van der Waals surface area contributed by atoms with Gasteiger partial charge in [0.1, 0.15) is 5.75 Å². The third-order valence-electron chi connectivity index (χ3n) is 6.36. The molecule has 4 unspecified atom stereocenters. The summed E-state index contributed by atoms with van der Waals surface area (Å²) in [6.45, 7) is 7.85. The van der Waals surface area contributed by atoms with Gasteiger partial charge in [0.2, 0.25) is 5.91 Å². The molecule has 1 N–H and O–H groups in total. The Morgan fingerprint density at radius 1 is 1.18 bits per heavy atom. The van der Waals surface area contributed by atoms with Gasteiger partial charge in [-0.05, 0) is 68.2 Å². The quantitative estimate of drug-likeness (QED) is 0.803. The molecular formula is C23H34N2O3. The van der Waals surface area contributed by atoms with Gasteiger partial charge in [-0.25, -0.2) is 0 Å². The summed E-state index contributed by atoms with van der Waals surface area (Å²) >= 11 is 0. The Hall–Kier alpha value is -2.04. The number of amides is 2. The standard InChI is InChI=1S/C23H34N2O3/c1-15(20-13-16-6-7-17(20)12-16)24-21(26)14-28-19-10-8-18(9-11-19)25(5)22(27)23(2,3)4/h8-11,15-17,20H,6-7,12-14H2,1-5H3,(H,24,26). The molecule has 0 spiro atoms. The van der Waals surface area contributed by atoms with Crippen molar-refractivity contribution in [3.63, 3.8) is 0 Å². The summed E-state index contributed by atoms with van der Waals surface area (Å²) in [5.74, 6) is 2.91. The van der Waals surface area contributed by atoms with Crippen LogP contribution in [0.5, 0.6) is 5.75 Å². The van der Waals surface area contributed by atoms with E-state index in [4.69, 9.17) is 4.74 Å². The van der Waals surface area contributed by atoms with Crippen molar-refractivity contribution in [2.45, 2.75) is 59.4 Å². The Kier molecular flexibility index (Phi) is 6.01. The Labute approximate surface area is 168 Å². The number of carbonyl (C=O) groups is 2. The zero-order valence-electron chi connectivity index (χ0n) is 17.8. The molecule has 1 aromatic carbocycles. The number of benzene rings is 1. The van der Waals surface area contributed by atoms with Crippen molar-refractivity contribution in [2.24, 2.45) is 23.2 Å². The van der Waals surface area contributed by atoms with Crippen LogP contribution >= 0.6 is 0 Å². The van der Waals surface area contributed by atoms with Gasteiger partial charge in [0.05, 0.1) is 0 Å². The van der Waals surface area contributed by atoms with E-state index in [0.717, 1.165) is 17.5 Å². The van der Waals surface area contributed by atoms with Crippen molar-refractivity contribution in [1.29, 1.82) is 0 Å². The number of carbonyl (C=O) groups excluding carboxylic acids is 2. The molecule has 5 heteroatoms. The molecule has 2 saturated carbocycles. The van der Waals surface area contributed by atoms with Gasteiger partial charge in [-0.15, -0.1) is 0 Å². The van der Waals surface area contributed by atoms with Gasteiger partial charge in [-0.1, -0.05) is 27.2 Å². The number of anilines is 1. The Balaban J connectivity index is 1.46. The first kappa shape index (κ1) is 20.7. The maximum atomic E-state index is 12.4. The van der Waals surface area contributed by atoms with Gasteiger partial charge >= 0.3 is 0 Å². The second-order valence-electron chi connectivity index (χ2n) is 9.59. The fourth-order valence-electron chi connectivity index (χ4n) is 4.84. The Morgan fingerprint density at radius 3 is 2.39 bits per heavy atom. The van der Waals surface area contributed by atoms with Crippen LogP contribution in [0.15, 0.2) is 24.3 Å². The number of hydrogen-bond donors (Lipinski definition) is 1. The molecule has 0 saturated heterocycles.